The minimum Gasteiger partial charge on any atom is -0.370 e. The van der Waals surface area contributed by atoms with E-state index in [0.717, 1.165) is 5.39 Å². The number of hydrogen-bond acceptors (Lipinski definition) is 5. The SMILES string of the molecule is CN1C=CN(c2cccc(-n3c(=O)ccc4cncnc43)c2)C(=O)C1. The molecule has 7 heteroatoms. The Morgan fingerprint density at radius 1 is 1.04 bits per heavy atom. The van der Waals surface area contributed by atoms with Crippen LogP contribution in [0.4, 0.5) is 5.69 Å². The van der Waals surface area contributed by atoms with E-state index in [1.807, 2.05) is 36.3 Å². The fourth-order valence-corrected chi connectivity index (χ4v) is 2.85. The first-order valence-electron chi connectivity index (χ1n) is 7.76. The summed E-state index contributed by atoms with van der Waals surface area (Å²) in [7, 11) is 1.84. The molecule has 0 spiro atoms. The Morgan fingerprint density at radius 3 is 2.72 bits per heavy atom. The predicted octanol–water partition coefficient (Wildman–Crippen LogP) is 1.53. The topological polar surface area (TPSA) is 71.3 Å². The predicted molar refractivity (Wildman–Crippen MR) is 94.4 cm³/mol. The minimum atomic E-state index is -0.191. The van der Waals surface area contributed by atoms with Gasteiger partial charge >= 0.3 is 0 Å². The standard InChI is InChI=1S/C18H15N5O2/c1-21-7-8-22(17(25)11-21)14-3-2-4-15(9-14)23-16(24)6-5-13-10-19-12-20-18(13)23/h2-10,12H,11H2,1H3. The lowest BCUT2D eigenvalue weighted by molar-refractivity contribution is -0.118. The average molecular weight is 333 g/mol. The van der Waals surface area contributed by atoms with Crippen molar-refractivity contribution in [1.29, 1.82) is 0 Å². The molecule has 3 aromatic rings. The zero-order valence-electron chi connectivity index (χ0n) is 13.5. The largest absolute Gasteiger partial charge is 0.370 e. The number of amides is 1. The van der Waals surface area contributed by atoms with E-state index in [1.165, 1.54) is 17.0 Å². The van der Waals surface area contributed by atoms with Crippen LogP contribution in [0.25, 0.3) is 16.7 Å². The van der Waals surface area contributed by atoms with Crippen LogP contribution < -0.4 is 10.5 Å². The molecule has 0 bridgehead atoms. The summed E-state index contributed by atoms with van der Waals surface area (Å²) in [6, 6.07) is 10.5. The third kappa shape index (κ3) is 2.65. The summed E-state index contributed by atoms with van der Waals surface area (Å²) in [5, 5.41) is 0.767. The van der Waals surface area contributed by atoms with Crippen LogP contribution in [0.2, 0.25) is 0 Å². The number of hydrogen-bond donors (Lipinski definition) is 0. The average Bonchev–Trinajstić information content (AvgIpc) is 2.62. The lowest BCUT2D eigenvalue weighted by Gasteiger charge is -2.27. The number of carbonyl (C=O) groups is 1. The summed E-state index contributed by atoms with van der Waals surface area (Å²) in [6.45, 7) is 0.308. The van der Waals surface area contributed by atoms with Crippen molar-refractivity contribution in [3.05, 3.63) is 71.7 Å². The molecule has 124 valence electrons. The summed E-state index contributed by atoms with van der Waals surface area (Å²) in [4.78, 5) is 36.3. The molecule has 0 fully saturated rings. The van der Waals surface area contributed by atoms with Gasteiger partial charge in [-0.15, -0.1) is 0 Å². The molecule has 3 heterocycles. The van der Waals surface area contributed by atoms with Gasteiger partial charge in [-0.2, -0.15) is 0 Å². The van der Waals surface area contributed by atoms with Crippen molar-refractivity contribution in [1.82, 2.24) is 19.4 Å². The second-order valence-electron chi connectivity index (χ2n) is 5.81. The highest BCUT2D eigenvalue weighted by Crippen LogP contribution is 2.22. The Labute approximate surface area is 143 Å². The van der Waals surface area contributed by atoms with Gasteiger partial charge in [0, 0.05) is 37.1 Å². The van der Waals surface area contributed by atoms with Crippen molar-refractivity contribution in [2.45, 2.75) is 0 Å². The second kappa shape index (κ2) is 5.86. The first-order chi connectivity index (χ1) is 12.1. The van der Waals surface area contributed by atoms with Crippen LogP contribution in [-0.4, -0.2) is 38.9 Å². The Bertz CT molecular complexity index is 1060. The lowest BCUT2D eigenvalue weighted by Crippen LogP contribution is -2.38. The molecule has 0 saturated carbocycles. The zero-order chi connectivity index (χ0) is 17.4. The summed E-state index contributed by atoms with van der Waals surface area (Å²) < 4.78 is 1.52. The molecule has 1 aliphatic rings. The van der Waals surface area contributed by atoms with Gasteiger partial charge in [0.1, 0.15) is 6.33 Å². The molecular formula is C18H15N5O2. The molecule has 25 heavy (non-hydrogen) atoms. The molecule has 4 rings (SSSR count). The Hall–Kier alpha value is -3.48. The number of pyridine rings is 1. The fraction of sp³-hybridized carbons (Fsp3) is 0.111. The number of rotatable bonds is 2. The number of fused-ring (bicyclic) bond motifs is 1. The van der Waals surface area contributed by atoms with Gasteiger partial charge in [-0.25, -0.2) is 9.97 Å². The normalized spacial score (nSPS) is 14.4. The van der Waals surface area contributed by atoms with Crippen molar-refractivity contribution in [2.24, 2.45) is 0 Å². The molecule has 0 radical (unpaired) electrons. The van der Waals surface area contributed by atoms with Crippen LogP contribution in [0, 0.1) is 0 Å². The monoisotopic (exact) mass is 333 g/mol. The molecule has 0 aliphatic carbocycles. The van der Waals surface area contributed by atoms with Crippen LogP contribution in [-0.2, 0) is 4.79 Å². The van der Waals surface area contributed by atoms with Gasteiger partial charge in [0.15, 0.2) is 5.65 Å². The number of carbonyl (C=O) groups excluding carboxylic acids is 1. The van der Waals surface area contributed by atoms with Gasteiger partial charge in [0.25, 0.3) is 11.5 Å². The molecule has 2 aromatic heterocycles. The van der Waals surface area contributed by atoms with Gasteiger partial charge in [-0.05, 0) is 24.3 Å². The number of aromatic nitrogens is 3. The maximum atomic E-state index is 12.4. The maximum absolute atomic E-state index is 12.4. The van der Waals surface area contributed by atoms with E-state index in [9.17, 15) is 9.59 Å². The maximum Gasteiger partial charge on any atom is 0.256 e. The third-order valence-corrected chi connectivity index (χ3v) is 4.05. The second-order valence-corrected chi connectivity index (χ2v) is 5.81. The van der Waals surface area contributed by atoms with Crippen LogP contribution in [0.5, 0.6) is 0 Å². The summed E-state index contributed by atoms with van der Waals surface area (Å²) >= 11 is 0. The smallest absolute Gasteiger partial charge is 0.256 e. The Morgan fingerprint density at radius 2 is 1.88 bits per heavy atom. The number of likely N-dealkylation sites (N-methyl/N-ethyl adjacent to an activating group) is 1. The van der Waals surface area contributed by atoms with E-state index >= 15 is 0 Å². The number of benzene rings is 1. The highest BCUT2D eigenvalue weighted by molar-refractivity contribution is 5.97. The Kier molecular flexibility index (Phi) is 3.53. The molecule has 0 N–H and O–H groups in total. The summed E-state index contributed by atoms with van der Waals surface area (Å²) in [6.07, 6.45) is 6.63. The molecule has 0 atom stereocenters. The third-order valence-electron chi connectivity index (χ3n) is 4.05. The fourth-order valence-electron chi connectivity index (χ4n) is 2.85. The van der Waals surface area contributed by atoms with E-state index in [2.05, 4.69) is 9.97 Å². The molecule has 1 amide bonds. The van der Waals surface area contributed by atoms with Crippen LogP contribution in [0.3, 0.4) is 0 Å². The lowest BCUT2D eigenvalue weighted by atomic mass is 10.2. The first-order valence-corrected chi connectivity index (χ1v) is 7.76. The van der Waals surface area contributed by atoms with Crippen LogP contribution in [0.15, 0.2) is 66.1 Å². The van der Waals surface area contributed by atoms with Crippen molar-refractivity contribution < 1.29 is 4.79 Å². The quantitative estimate of drug-likeness (QED) is 0.711. The van der Waals surface area contributed by atoms with Crippen molar-refractivity contribution in [2.75, 3.05) is 18.5 Å². The number of nitrogens with zero attached hydrogens (tertiary/aromatic N) is 5. The zero-order valence-corrected chi connectivity index (χ0v) is 13.5. The number of anilines is 1. The van der Waals surface area contributed by atoms with Crippen LogP contribution >= 0.6 is 0 Å². The Balaban J connectivity index is 1.86. The van der Waals surface area contributed by atoms with E-state index in [0.29, 0.717) is 23.6 Å². The summed E-state index contributed by atoms with van der Waals surface area (Å²) in [5.41, 5.74) is 1.68. The van der Waals surface area contributed by atoms with Gasteiger partial charge in [0.05, 0.1) is 17.9 Å². The first kappa shape index (κ1) is 15.1. The van der Waals surface area contributed by atoms with E-state index in [-0.39, 0.29) is 11.5 Å². The molecule has 0 saturated heterocycles. The van der Waals surface area contributed by atoms with E-state index in [4.69, 9.17) is 0 Å². The van der Waals surface area contributed by atoms with Crippen molar-refractivity contribution in [3.63, 3.8) is 0 Å². The van der Waals surface area contributed by atoms with Gasteiger partial charge < -0.3 is 4.90 Å². The van der Waals surface area contributed by atoms with E-state index < -0.39 is 0 Å². The molecule has 7 nitrogen and oxygen atoms in total. The van der Waals surface area contributed by atoms with Crippen molar-refractivity contribution in [3.8, 4) is 5.69 Å². The minimum absolute atomic E-state index is 0.0326. The summed E-state index contributed by atoms with van der Waals surface area (Å²) in [5.74, 6) is -0.0326. The highest BCUT2D eigenvalue weighted by Gasteiger charge is 2.19. The van der Waals surface area contributed by atoms with Crippen molar-refractivity contribution >= 4 is 22.6 Å². The highest BCUT2D eigenvalue weighted by atomic mass is 16.2. The van der Waals surface area contributed by atoms with Gasteiger partial charge in [0.2, 0.25) is 0 Å². The molecule has 1 aromatic carbocycles. The van der Waals surface area contributed by atoms with E-state index in [1.54, 1.807) is 29.4 Å². The molecule has 1 aliphatic heterocycles. The van der Waals surface area contributed by atoms with Crippen LogP contribution in [0.1, 0.15) is 0 Å². The van der Waals surface area contributed by atoms with Gasteiger partial charge in [-0.1, -0.05) is 6.07 Å². The molecule has 0 unspecified atom stereocenters. The molecular weight excluding hydrogens is 318 g/mol. The van der Waals surface area contributed by atoms with Gasteiger partial charge in [-0.3, -0.25) is 19.1 Å².